The standard InChI is InChI=1S/C13H12NO2S.C5H5.Fe/c1-11-6-8-13(9-7-11)17(15,16)14-10-12-4-2-3-5-12;1-2-4-5-3-1;/h2-10H,1H3;1-5H;/q;;+2/b14-10+;;. The molecule has 3 rings (SSSR count). The predicted octanol–water partition coefficient (Wildman–Crippen LogP) is 3.18. The molecule has 2 fully saturated rings. The minimum atomic E-state index is -3.58. The molecule has 0 N–H and O–H groups in total. The van der Waals surface area contributed by atoms with Crippen LogP contribution in [0.15, 0.2) is 33.6 Å². The summed E-state index contributed by atoms with van der Waals surface area (Å²) in [7, 11) is -3.58. The first kappa shape index (κ1) is 20.4. The molecule has 0 unspecified atom stereocenters. The van der Waals surface area contributed by atoms with E-state index in [0.717, 1.165) is 11.5 Å². The van der Waals surface area contributed by atoms with Crippen molar-refractivity contribution in [2.45, 2.75) is 11.8 Å². The van der Waals surface area contributed by atoms with E-state index in [2.05, 4.69) is 4.40 Å². The van der Waals surface area contributed by atoms with Crippen LogP contribution in [-0.4, -0.2) is 14.6 Å². The van der Waals surface area contributed by atoms with Crippen LogP contribution in [0, 0.1) is 70.6 Å². The zero-order valence-electron chi connectivity index (χ0n) is 12.6. The second kappa shape index (κ2) is 10.3. The van der Waals surface area contributed by atoms with Gasteiger partial charge in [-0.25, -0.2) is 0 Å². The van der Waals surface area contributed by atoms with E-state index in [0.29, 0.717) is 0 Å². The van der Waals surface area contributed by atoms with Gasteiger partial charge >= 0.3 is 17.1 Å². The molecule has 3 nitrogen and oxygen atoms in total. The normalized spacial score (nSPS) is 18.5. The summed E-state index contributed by atoms with van der Waals surface area (Å²) < 4.78 is 27.3. The number of nitrogens with zero attached hydrogens (tertiary/aromatic N) is 1. The van der Waals surface area contributed by atoms with Gasteiger partial charge in [0.05, 0.1) is 4.90 Å². The van der Waals surface area contributed by atoms with Gasteiger partial charge in [0.1, 0.15) is 0 Å². The van der Waals surface area contributed by atoms with Crippen LogP contribution in [0.3, 0.4) is 0 Å². The molecular formula is C18H17FeNO2S+2. The molecule has 1 aromatic rings. The third-order valence-electron chi connectivity index (χ3n) is 2.90. The van der Waals surface area contributed by atoms with Gasteiger partial charge in [-0.05, 0) is 76.8 Å². The average Bonchev–Trinajstić information content (AvgIpc) is 3.22. The Hall–Kier alpha value is -0.641. The summed E-state index contributed by atoms with van der Waals surface area (Å²) in [5.74, 6) is 0.778. The Morgan fingerprint density at radius 2 is 1.30 bits per heavy atom. The van der Waals surface area contributed by atoms with E-state index in [1.54, 1.807) is 37.1 Å². The molecule has 23 heavy (non-hydrogen) atoms. The molecular weight excluding hydrogens is 350 g/mol. The molecule has 2 aliphatic rings. The van der Waals surface area contributed by atoms with E-state index in [1.807, 2.05) is 51.9 Å². The molecule has 0 spiro atoms. The van der Waals surface area contributed by atoms with Crippen LogP contribution in [-0.2, 0) is 27.1 Å². The first-order valence-corrected chi connectivity index (χ1v) is 8.27. The van der Waals surface area contributed by atoms with Gasteiger partial charge in [-0.2, -0.15) is 12.8 Å². The molecule has 118 valence electrons. The molecule has 0 amide bonds. The van der Waals surface area contributed by atoms with Gasteiger partial charge in [-0.15, -0.1) is 0 Å². The van der Waals surface area contributed by atoms with E-state index < -0.39 is 10.0 Å². The number of sulfonamides is 1. The van der Waals surface area contributed by atoms with Crippen LogP contribution >= 0.6 is 0 Å². The molecule has 2 aliphatic carbocycles. The molecule has 0 aliphatic heterocycles. The monoisotopic (exact) mass is 367 g/mol. The van der Waals surface area contributed by atoms with Crippen molar-refractivity contribution in [3.05, 3.63) is 93.5 Å². The van der Waals surface area contributed by atoms with Crippen molar-refractivity contribution < 1.29 is 25.5 Å². The van der Waals surface area contributed by atoms with Gasteiger partial charge in [0.25, 0.3) is 10.0 Å². The summed E-state index contributed by atoms with van der Waals surface area (Å²) in [5, 5.41) is 0. The van der Waals surface area contributed by atoms with E-state index >= 15 is 0 Å². The number of benzene rings is 1. The Balaban J connectivity index is 0.000000377. The first-order valence-electron chi connectivity index (χ1n) is 6.83. The minimum absolute atomic E-state index is 0. The Morgan fingerprint density at radius 3 is 1.78 bits per heavy atom. The van der Waals surface area contributed by atoms with Crippen molar-refractivity contribution in [2.75, 3.05) is 0 Å². The summed E-state index contributed by atoms with van der Waals surface area (Å²) >= 11 is 0. The quantitative estimate of drug-likeness (QED) is 0.609. The van der Waals surface area contributed by atoms with E-state index in [4.69, 9.17) is 0 Å². The van der Waals surface area contributed by atoms with Crippen LogP contribution in [0.4, 0.5) is 0 Å². The van der Waals surface area contributed by atoms with Crippen LogP contribution in [0.1, 0.15) is 5.56 Å². The molecule has 0 atom stereocenters. The number of aryl methyl sites for hydroxylation is 1. The second-order valence-electron chi connectivity index (χ2n) is 4.70. The minimum Gasteiger partial charge on any atom is -0.199 e. The molecule has 1 aromatic carbocycles. The summed E-state index contributed by atoms with van der Waals surface area (Å²) in [4.78, 5) is 0.214. The smallest absolute Gasteiger partial charge is 0.199 e. The topological polar surface area (TPSA) is 46.5 Å². The van der Waals surface area contributed by atoms with Crippen LogP contribution in [0.2, 0.25) is 0 Å². The largest absolute Gasteiger partial charge is 2.00 e. The van der Waals surface area contributed by atoms with Crippen molar-refractivity contribution in [1.29, 1.82) is 0 Å². The summed E-state index contributed by atoms with van der Waals surface area (Å²) in [5.41, 5.74) is 1.02. The fraction of sp³-hybridized carbons (Fsp3) is 0.0556. The van der Waals surface area contributed by atoms with Crippen molar-refractivity contribution in [3.63, 3.8) is 0 Å². The maximum absolute atomic E-state index is 11.8. The van der Waals surface area contributed by atoms with Crippen LogP contribution in [0.5, 0.6) is 0 Å². The Bertz CT molecular complexity index is 564. The van der Waals surface area contributed by atoms with Gasteiger partial charge < -0.3 is 0 Å². The predicted molar refractivity (Wildman–Crippen MR) is 88.8 cm³/mol. The SMILES string of the molecule is Cc1ccc(S(=O)(=O)/N=C/[C]2[CH][CH][CH][CH]2)cc1.[CH]1[CH][CH][CH][CH]1.[Fe+2]. The van der Waals surface area contributed by atoms with Gasteiger partial charge in [-0.3, -0.25) is 0 Å². The molecule has 0 bridgehead atoms. The molecule has 2 saturated carbocycles. The van der Waals surface area contributed by atoms with Crippen molar-refractivity contribution in [3.8, 4) is 0 Å². The van der Waals surface area contributed by atoms with E-state index in [-0.39, 0.29) is 22.0 Å². The van der Waals surface area contributed by atoms with Gasteiger partial charge in [0.15, 0.2) is 0 Å². The zero-order chi connectivity index (χ0) is 15.8. The first-order chi connectivity index (χ1) is 10.6. The maximum atomic E-state index is 11.8. The fourth-order valence-corrected chi connectivity index (χ4v) is 2.56. The molecule has 0 aromatic heterocycles. The van der Waals surface area contributed by atoms with Gasteiger partial charge in [0, 0.05) is 12.1 Å². The number of hydrogen-bond acceptors (Lipinski definition) is 2. The van der Waals surface area contributed by atoms with Crippen LogP contribution in [0.25, 0.3) is 0 Å². The van der Waals surface area contributed by atoms with Crippen molar-refractivity contribution in [1.82, 2.24) is 0 Å². The molecule has 0 heterocycles. The van der Waals surface area contributed by atoms with Gasteiger partial charge in [-0.1, -0.05) is 17.7 Å². The third kappa shape index (κ3) is 7.19. The fourth-order valence-electron chi connectivity index (χ4n) is 1.70. The second-order valence-corrected chi connectivity index (χ2v) is 6.34. The van der Waals surface area contributed by atoms with Crippen LogP contribution < -0.4 is 0 Å². The third-order valence-corrected chi connectivity index (χ3v) is 4.15. The van der Waals surface area contributed by atoms with Crippen molar-refractivity contribution >= 4 is 16.2 Å². The van der Waals surface area contributed by atoms with E-state index in [9.17, 15) is 8.42 Å². The summed E-state index contributed by atoms with van der Waals surface area (Å²) in [6.45, 7) is 1.91. The summed E-state index contributed by atoms with van der Waals surface area (Å²) in [6, 6.07) is 6.63. The Morgan fingerprint density at radius 1 is 0.826 bits per heavy atom. The molecule has 10 radical (unpaired) electrons. The number of hydrogen-bond donors (Lipinski definition) is 0. The maximum Gasteiger partial charge on any atom is 2.00 e. The molecule has 0 saturated heterocycles. The Kier molecular flexibility index (Phi) is 9.11. The zero-order valence-corrected chi connectivity index (χ0v) is 14.5. The van der Waals surface area contributed by atoms with Gasteiger partial charge in [0.2, 0.25) is 0 Å². The van der Waals surface area contributed by atoms with Crippen molar-refractivity contribution in [2.24, 2.45) is 4.40 Å². The molecule has 5 heteroatoms. The van der Waals surface area contributed by atoms with E-state index in [1.165, 1.54) is 6.21 Å². The average molecular weight is 367 g/mol. The Labute approximate surface area is 151 Å². The number of rotatable bonds is 3. The summed E-state index contributed by atoms with van der Waals surface area (Å²) in [6.07, 6.45) is 18.6.